The summed E-state index contributed by atoms with van der Waals surface area (Å²) in [5.74, 6) is 0.0304. The molecule has 0 unspecified atom stereocenters. The number of hydrogen-bond donors (Lipinski definition) is 2. The van der Waals surface area contributed by atoms with E-state index in [1.165, 1.54) is 54.9 Å². The molecule has 2 amide bonds. The molecule has 0 bridgehead atoms. The number of rotatable bonds is 6. The first-order valence-corrected chi connectivity index (χ1v) is 17.1. The van der Waals surface area contributed by atoms with Crippen molar-refractivity contribution < 1.29 is 35.8 Å². The minimum atomic E-state index is -1.05. The second-order valence-electron chi connectivity index (χ2n) is 10.4. The normalized spacial score (nSPS) is 10.0. The molecule has 6 heteroatoms. The van der Waals surface area contributed by atoms with Crippen LogP contribution in [0.2, 0.25) is 0 Å². The molecule has 0 spiro atoms. The summed E-state index contributed by atoms with van der Waals surface area (Å²) in [4.78, 5) is 21.3. The van der Waals surface area contributed by atoms with Crippen LogP contribution in [0, 0.1) is 13.8 Å². The molecule has 1 radical (unpaired) electrons. The molecular weight excluding hydrogens is 677 g/mol. The zero-order chi connectivity index (χ0) is 30.6. The molecule has 0 aliphatic carbocycles. The van der Waals surface area contributed by atoms with Crippen LogP contribution in [0.3, 0.4) is 0 Å². The van der Waals surface area contributed by atoms with Gasteiger partial charge in [0.05, 0.1) is 0 Å². The van der Waals surface area contributed by atoms with Gasteiger partial charge in [-0.1, -0.05) is 97.8 Å². The van der Waals surface area contributed by atoms with Crippen LogP contribution in [0.5, 0.6) is 0 Å². The first-order valence-electron chi connectivity index (χ1n) is 14.7. The van der Waals surface area contributed by atoms with E-state index in [0.29, 0.717) is 12.8 Å². The van der Waals surface area contributed by atoms with Crippen molar-refractivity contribution in [2.75, 3.05) is 0 Å². The number of nitrogens with one attached hydrogen (secondary N) is 2. The average Bonchev–Trinajstić information content (AvgIpc) is 3.62. The smallest absolute Gasteiger partial charge is 0.165 e. The fraction of sp³-hybridized carbons (Fsp3) is 0.158. The van der Waals surface area contributed by atoms with Gasteiger partial charge in [0.15, 0.2) is 0 Å². The van der Waals surface area contributed by atoms with Crippen LogP contribution in [0.4, 0.5) is 0 Å². The minimum absolute atomic E-state index is 0. The topological polar surface area (TPSA) is 58.2 Å². The Morgan fingerprint density at radius 2 is 0.977 bits per heavy atom. The van der Waals surface area contributed by atoms with Gasteiger partial charge in [0.1, 0.15) is 0 Å². The molecule has 219 valence electrons. The number of carbonyl (C=O) groups excluding carboxylic acids is 2. The largest absolute Gasteiger partial charge is 2.00 e. The zero-order valence-electron chi connectivity index (χ0n) is 25.9. The predicted molar refractivity (Wildman–Crippen MR) is 182 cm³/mol. The summed E-state index contributed by atoms with van der Waals surface area (Å²) in [7, 11) is 0. The van der Waals surface area contributed by atoms with Gasteiger partial charge in [-0.2, -0.15) is 12.1 Å². The molecular formula is C38H38GaN2O2Zr. The second-order valence-corrected chi connectivity index (χ2v) is 12.2. The average molecular weight is 716 g/mol. The van der Waals surface area contributed by atoms with Gasteiger partial charge in [0, 0.05) is 0 Å². The van der Waals surface area contributed by atoms with E-state index in [-0.39, 0.29) is 38.0 Å². The van der Waals surface area contributed by atoms with Gasteiger partial charge < -0.3 is 0 Å². The fourth-order valence-corrected chi connectivity index (χ4v) is 6.59. The summed E-state index contributed by atoms with van der Waals surface area (Å²) in [5, 5.41) is 5.37. The molecule has 2 N–H and O–H groups in total. The van der Waals surface area contributed by atoms with Crippen molar-refractivity contribution >= 4 is 51.2 Å². The molecule has 4 nitrogen and oxygen atoms in total. The van der Waals surface area contributed by atoms with E-state index in [2.05, 4.69) is 143 Å². The Bertz CT molecular complexity index is 1640. The first kappa shape index (κ1) is 35.0. The van der Waals surface area contributed by atoms with Crippen molar-refractivity contribution in [3.05, 3.63) is 132 Å². The van der Waals surface area contributed by atoms with E-state index >= 15 is 0 Å². The van der Waals surface area contributed by atoms with Crippen LogP contribution in [-0.2, 0) is 35.8 Å². The molecule has 0 fully saturated rings. The Morgan fingerprint density at radius 3 is 1.34 bits per heavy atom. The Morgan fingerprint density at radius 1 is 0.591 bits per heavy atom. The van der Waals surface area contributed by atoms with E-state index < -0.39 is 17.9 Å². The monoisotopic (exact) mass is 713 g/mol. The van der Waals surface area contributed by atoms with E-state index in [1.807, 2.05) is 0 Å². The molecule has 6 aromatic rings. The number of aryl methyl sites for hydroxylation is 2. The Labute approximate surface area is 288 Å². The summed E-state index contributed by atoms with van der Waals surface area (Å²) in [6.07, 6.45) is 0.971. The van der Waals surface area contributed by atoms with E-state index in [9.17, 15) is 9.59 Å². The van der Waals surface area contributed by atoms with E-state index in [0.717, 1.165) is 0 Å². The van der Waals surface area contributed by atoms with Gasteiger partial charge in [-0.15, -0.1) is 69.1 Å². The van der Waals surface area contributed by atoms with Crippen molar-refractivity contribution in [3.8, 4) is 22.3 Å². The van der Waals surface area contributed by atoms with E-state index in [4.69, 9.17) is 0 Å². The van der Waals surface area contributed by atoms with Crippen molar-refractivity contribution in [1.29, 1.82) is 0 Å². The molecule has 0 aromatic heterocycles. The zero-order valence-corrected chi connectivity index (χ0v) is 30.7. The van der Waals surface area contributed by atoms with Gasteiger partial charge >= 0.3 is 100 Å². The van der Waals surface area contributed by atoms with Crippen LogP contribution < -0.4 is 8.05 Å². The predicted octanol–water partition coefficient (Wildman–Crippen LogP) is 8.64. The maximum Gasteiger partial charge on any atom is 2.00 e. The van der Waals surface area contributed by atoms with Gasteiger partial charge in [-0.25, -0.2) is 0 Å². The summed E-state index contributed by atoms with van der Waals surface area (Å²) in [6, 6.07) is 43.1. The van der Waals surface area contributed by atoms with Gasteiger partial charge in [-0.05, 0) is 11.1 Å². The quantitative estimate of drug-likeness (QED) is 0.134. The maximum atomic E-state index is 10.7. The Hall–Kier alpha value is -3.44. The third kappa shape index (κ3) is 9.79. The van der Waals surface area contributed by atoms with Crippen LogP contribution >= 0.6 is 0 Å². The minimum Gasteiger partial charge on any atom is -0.165 e. The molecule has 6 aromatic carbocycles. The van der Waals surface area contributed by atoms with Crippen LogP contribution in [0.1, 0.15) is 37.8 Å². The molecule has 0 aliphatic heterocycles. The SMILES string of the molecule is CCC(=O)[NH][Ga][NH]C(=O)CC.Cc1cc2c(-c3ccccc3)cccc2[cH-]1.Cc1cc2c(-c3ccccc3)cccc2[cH-]1.[Zr+2]. The van der Waals surface area contributed by atoms with Crippen molar-refractivity contribution in [1.82, 2.24) is 8.05 Å². The number of amides is 2. The van der Waals surface area contributed by atoms with Crippen molar-refractivity contribution in [2.24, 2.45) is 0 Å². The molecule has 0 aliphatic rings. The fourth-order valence-electron chi connectivity index (χ4n) is 4.91. The maximum absolute atomic E-state index is 10.7. The number of fused-ring (bicyclic) bond motifs is 2. The second kappa shape index (κ2) is 17.8. The number of benzene rings is 4. The summed E-state index contributed by atoms with van der Waals surface area (Å²) < 4.78 is 5.37. The third-order valence-corrected chi connectivity index (χ3v) is 9.02. The summed E-state index contributed by atoms with van der Waals surface area (Å²) in [5.41, 5.74) is 7.89. The van der Waals surface area contributed by atoms with E-state index in [1.54, 1.807) is 13.8 Å². The van der Waals surface area contributed by atoms with Crippen molar-refractivity contribution in [3.63, 3.8) is 0 Å². The van der Waals surface area contributed by atoms with Crippen LogP contribution in [-0.4, -0.2) is 29.7 Å². The third-order valence-electron chi connectivity index (χ3n) is 7.07. The molecule has 44 heavy (non-hydrogen) atoms. The van der Waals surface area contributed by atoms with Crippen LogP contribution in [0.25, 0.3) is 43.8 Å². The molecule has 6 rings (SSSR count). The Balaban J connectivity index is 0.000000183. The van der Waals surface area contributed by atoms with Crippen molar-refractivity contribution in [2.45, 2.75) is 40.5 Å². The number of carbonyl (C=O) groups is 2. The summed E-state index contributed by atoms with van der Waals surface area (Å²) >= 11 is -1.05. The molecule has 0 saturated carbocycles. The molecule has 0 saturated heterocycles. The van der Waals surface area contributed by atoms with Crippen LogP contribution in [0.15, 0.2) is 121 Å². The molecule has 0 atom stereocenters. The van der Waals surface area contributed by atoms with Gasteiger partial charge in [0.2, 0.25) is 0 Å². The van der Waals surface area contributed by atoms with Gasteiger partial charge in [-0.3, -0.25) is 0 Å². The standard InChI is InChI=1S/2C16H13.2C3H7NO.Ga.Zr/c2*1-12-10-14-8-5-9-15(16(14)11-12)13-6-3-2-4-7-13;2*1-2-3(4)5;;/h2*2-11H,1H3;2*2H2,1H3,(H2,4,5);;/q2*-1;;;2*+2/p-2. The first-order chi connectivity index (χ1) is 20.9. The Kier molecular flexibility index (Phi) is 14.1. The summed E-state index contributed by atoms with van der Waals surface area (Å²) in [6.45, 7) is 7.87. The van der Waals surface area contributed by atoms with Gasteiger partial charge in [0.25, 0.3) is 0 Å². The molecule has 0 heterocycles. The number of hydrogen-bond acceptors (Lipinski definition) is 2.